The number of hydrogen-bond acceptors (Lipinski definition) is 3. The van der Waals surface area contributed by atoms with Gasteiger partial charge in [0.15, 0.2) is 0 Å². The molecule has 1 aromatic rings. The van der Waals surface area contributed by atoms with Gasteiger partial charge in [0.05, 0.1) is 7.11 Å². The van der Waals surface area contributed by atoms with E-state index in [9.17, 15) is 0 Å². The van der Waals surface area contributed by atoms with E-state index in [-0.39, 0.29) is 0 Å². The normalized spacial score (nSPS) is 27.7. The smallest absolute Gasteiger partial charge is 0.119 e. The maximum absolute atomic E-state index is 5.38. The molecule has 1 saturated heterocycles. The van der Waals surface area contributed by atoms with E-state index in [2.05, 4.69) is 29.3 Å². The second kappa shape index (κ2) is 4.81. The zero-order valence-corrected chi connectivity index (χ0v) is 11.3. The molecule has 1 fully saturated rings. The van der Waals surface area contributed by atoms with Crippen LogP contribution in [0.2, 0.25) is 0 Å². The van der Waals surface area contributed by atoms with Crippen molar-refractivity contribution in [2.45, 2.75) is 25.8 Å². The number of fused-ring (bicyclic) bond motifs is 1. The number of methoxy groups -OCH3 is 1. The van der Waals surface area contributed by atoms with Gasteiger partial charge in [-0.15, -0.1) is 0 Å². The van der Waals surface area contributed by atoms with Crippen LogP contribution in [0.25, 0.3) is 0 Å². The van der Waals surface area contributed by atoms with Gasteiger partial charge in [-0.1, -0.05) is 6.92 Å². The van der Waals surface area contributed by atoms with Gasteiger partial charge in [-0.2, -0.15) is 0 Å². The molecule has 3 heteroatoms. The number of nitrogens with one attached hydrogen (secondary N) is 1. The van der Waals surface area contributed by atoms with Gasteiger partial charge in [-0.05, 0) is 55.6 Å². The fraction of sp³-hybridized carbons (Fsp3) is 0.600. The number of hydrogen-bond donors (Lipinski definition) is 1. The second-order valence-electron chi connectivity index (χ2n) is 5.50. The van der Waals surface area contributed by atoms with E-state index in [4.69, 9.17) is 4.74 Å². The minimum absolute atomic E-state index is 0.554. The molecule has 0 radical (unpaired) electrons. The summed E-state index contributed by atoms with van der Waals surface area (Å²) in [7, 11) is 1.74. The molecule has 1 aromatic carbocycles. The molecule has 2 atom stereocenters. The van der Waals surface area contributed by atoms with Gasteiger partial charge in [0.25, 0.3) is 0 Å². The number of nitrogens with zero attached hydrogens (tertiary/aromatic N) is 1. The Morgan fingerprint density at radius 1 is 1.28 bits per heavy atom. The van der Waals surface area contributed by atoms with Crippen molar-refractivity contribution < 1.29 is 4.74 Å². The molecule has 3 rings (SSSR count). The molecular weight excluding hydrogens is 224 g/mol. The SMILES string of the molecule is COc1ccc2c(c1)C(N1CCCC1)C(C)CN2. The molecule has 2 aliphatic heterocycles. The van der Waals surface area contributed by atoms with Crippen LogP contribution in [0.4, 0.5) is 5.69 Å². The first-order valence-corrected chi connectivity index (χ1v) is 6.95. The van der Waals surface area contributed by atoms with Crippen LogP contribution in [0.3, 0.4) is 0 Å². The molecule has 18 heavy (non-hydrogen) atoms. The number of anilines is 1. The number of likely N-dealkylation sites (tertiary alicyclic amines) is 1. The summed E-state index contributed by atoms with van der Waals surface area (Å²) in [5.41, 5.74) is 2.70. The Balaban J connectivity index is 1.98. The van der Waals surface area contributed by atoms with Gasteiger partial charge in [0, 0.05) is 18.3 Å². The molecule has 0 spiro atoms. The maximum atomic E-state index is 5.38. The van der Waals surface area contributed by atoms with E-state index < -0.39 is 0 Å². The predicted molar refractivity (Wildman–Crippen MR) is 74.2 cm³/mol. The van der Waals surface area contributed by atoms with Crippen molar-refractivity contribution in [2.75, 3.05) is 32.1 Å². The fourth-order valence-corrected chi connectivity index (χ4v) is 3.34. The average Bonchev–Trinajstić information content (AvgIpc) is 2.91. The van der Waals surface area contributed by atoms with Gasteiger partial charge in [-0.25, -0.2) is 0 Å². The Kier molecular flexibility index (Phi) is 3.16. The quantitative estimate of drug-likeness (QED) is 0.868. The summed E-state index contributed by atoms with van der Waals surface area (Å²) < 4.78 is 5.38. The first-order valence-electron chi connectivity index (χ1n) is 6.95. The monoisotopic (exact) mass is 246 g/mol. The Morgan fingerprint density at radius 2 is 2.06 bits per heavy atom. The van der Waals surface area contributed by atoms with Crippen LogP contribution < -0.4 is 10.1 Å². The van der Waals surface area contributed by atoms with Crippen molar-refractivity contribution in [2.24, 2.45) is 5.92 Å². The number of ether oxygens (including phenoxy) is 1. The van der Waals surface area contributed by atoms with Gasteiger partial charge in [0.1, 0.15) is 5.75 Å². The largest absolute Gasteiger partial charge is 0.497 e. The standard InChI is InChI=1S/C15H22N2O/c1-11-10-16-14-6-5-12(18-2)9-13(14)15(11)17-7-3-4-8-17/h5-6,9,11,15-16H,3-4,7-8,10H2,1-2H3. The third-order valence-electron chi connectivity index (χ3n) is 4.26. The van der Waals surface area contributed by atoms with Crippen molar-refractivity contribution in [3.05, 3.63) is 23.8 Å². The summed E-state index contributed by atoms with van der Waals surface area (Å²) in [4.78, 5) is 2.64. The van der Waals surface area contributed by atoms with Crippen LogP contribution in [0.1, 0.15) is 31.4 Å². The summed E-state index contributed by atoms with van der Waals surface area (Å²) in [5.74, 6) is 1.62. The van der Waals surface area contributed by atoms with E-state index in [1.165, 1.54) is 37.2 Å². The summed E-state index contributed by atoms with van der Waals surface area (Å²) in [6.45, 7) is 5.90. The molecule has 0 aromatic heterocycles. The molecule has 3 nitrogen and oxygen atoms in total. The third kappa shape index (κ3) is 1.97. The van der Waals surface area contributed by atoms with E-state index in [1.54, 1.807) is 7.11 Å². The second-order valence-corrected chi connectivity index (χ2v) is 5.50. The zero-order chi connectivity index (χ0) is 12.5. The maximum Gasteiger partial charge on any atom is 0.119 e. The Labute approximate surface area is 109 Å². The van der Waals surface area contributed by atoms with E-state index >= 15 is 0 Å². The molecule has 0 bridgehead atoms. The van der Waals surface area contributed by atoms with Crippen molar-refractivity contribution in [1.82, 2.24) is 4.90 Å². The topological polar surface area (TPSA) is 24.5 Å². The lowest BCUT2D eigenvalue weighted by molar-refractivity contribution is 0.185. The Hall–Kier alpha value is -1.22. The molecule has 0 aliphatic carbocycles. The fourth-order valence-electron chi connectivity index (χ4n) is 3.34. The third-order valence-corrected chi connectivity index (χ3v) is 4.26. The van der Waals surface area contributed by atoms with Gasteiger partial charge >= 0.3 is 0 Å². The van der Waals surface area contributed by atoms with Gasteiger partial charge in [-0.3, -0.25) is 4.90 Å². The van der Waals surface area contributed by atoms with Crippen LogP contribution >= 0.6 is 0 Å². The average molecular weight is 246 g/mol. The van der Waals surface area contributed by atoms with Gasteiger partial charge < -0.3 is 10.1 Å². The first kappa shape index (κ1) is 11.8. The minimum Gasteiger partial charge on any atom is -0.497 e. The highest BCUT2D eigenvalue weighted by Crippen LogP contribution is 2.40. The van der Waals surface area contributed by atoms with Crippen molar-refractivity contribution in [3.63, 3.8) is 0 Å². The van der Waals surface area contributed by atoms with Crippen LogP contribution in [-0.2, 0) is 0 Å². The minimum atomic E-state index is 0.554. The lowest BCUT2D eigenvalue weighted by atomic mass is 9.88. The van der Waals surface area contributed by atoms with Crippen LogP contribution in [0.5, 0.6) is 5.75 Å². The highest BCUT2D eigenvalue weighted by Gasteiger charge is 2.32. The molecule has 0 saturated carbocycles. The molecule has 2 heterocycles. The van der Waals surface area contributed by atoms with E-state index in [0.29, 0.717) is 12.0 Å². The summed E-state index contributed by atoms with van der Waals surface area (Å²) in [6.07, 6.45) is 2.69. The van der Waals surface area contributed by atoms with Crippen molar-refractivity contribution in [3.8, 4) is 5.75 Å². The van der Waals surface area contributed by atoms with E-state index in [1.807, 2.05) is 6.07 Å². The summed E-state index contributed by atoms with van der Waals surface area (Å²) in [6, 6.07) is 6.96. The zero-order valence-electron chi connectivity index (χ0n) is 11.3. The van der Waals surface area contributed by atoms with Crippen molar-refractivity contribution in [1.29, 1.82) is 0 Å². The number of benzene rings is 1. The Bertz CT molecular complexity index is 427. The van der Waals surface area contributed by atoms with Crippen LogP contribution in [0, 0.1) is 5.92 Å². The lowest BCUT2D eigenvalue weighted by Crippen LogP contribution is -2.37. The molecular formula is C15H22N2O. The molecule has 98 valence electrons. The molecule has 2 unspecified atom stereocenters. The highest BCUT2D eigenvalue weighted by atomic mass is 16.5. The van der Waals surface area contributed by atoms with E-state index in [0.717, 1.165) is 12.3 Å². The lowest BCUT2D eigenvalue weighted by Gasteiger charge is -2.38. The summed E-state index contributed by atoms with van der Waals surface area (Å²) in [5, 5.41) is 3.53. The van der Waals surface area contributed by atoms with Crippen molar-refractivity contribution >= 4 is 5.69 Å². The molecule has 2 aliphatic rings. The number of rotatable bonds is 2. The summed E-state index contributed by atoms with van der Waals surface area (Å²) >= 11 is 0. The van der Waals surface area contributed by atoms with Crippen LogP contribution in [0.15, 0.2) is 18.2 Å². The Morgan fingerprint density at radius 3 is 2.78 bits per heavy atom. The molecule has 1 N–H and O–H groups in total. The first-order chi connectivity index (χ1) is 8.79. The van der Waals surface area contributed by atoms with Crippen LogP contribution in [-0.4, -0.2) is 31.6 Å². The highest BCUT2D eigenvalue weighted by molar-refractivity contribution is 5.57. The molecule has 0 amide bonds. The van der Waals surface area contributed by atoms with Gasteiger partial charge in [0.2, 0.25) is 0 Å². The predicted octanol–water partition coefficient (Wildman–Crippen LogP) is 2.89.